The van der Waals surface area contributed by atoms with E-state index in [1.54, 1.807) is 7.11 Å². The van der Waals surface area contributed by atoms with Crippen molar-refractivity contribution in [3.8, 4) is 0 Å². The first-order valence-electron chi connectivity index (χ1n) is 9.73. The summed E-state index contributed by atoms with van der Waals surface area (Å²) in [5.41, 5.74) is 1.30. The Kier molecular flexibility index (Phi) is 5.44. The van der Waals surface area contributed by atoms with Crippen LogP contribution in [0.1, 0.15) is 35.4 Å². The molecule has 1 N–H and O–H groups in total. The minimum atomic E-state index is -3.18. The first-order valence-corrected chi connectivity index (χ1v) is 11.6. The number of para-hydroxylation sites is 1. The van der Waals surface area contributed by atoms with Gasteiger partial charge in [0.2, 0.25) is 0 Å². The van der Waals surface area contributed by atoms with Crippen LogP contribution < -0.4 is 5.32 Å². The highest BCUT2D eigenvalue weighted by molar-refractivity contribution is 7.91. The highest BCUT2D eigenvalue weighted by Crippen LogP contribution is 2.28. The van der Waals surface area contributed by atoms with Gasteiger partial charge in [0.15, 0.2) is 15.6 Å². The number of nitrogens with zero attached hydrogens (tertiary/aromatic N) is 1. The predicted octanol–water partition coefficient (Wildman–Crippen LogP) is 1.96. The molecule has 4 rings (SSSR count). The zero-order valence-corrected chi connectivity index (χ0v) is 16.8. The molecule has 0 aliphatic carbocycles. The van der Waals surface area contributed by atoms with Gasteiger partial charge in [0.05, 0.1) is 24.2 Å². The molecule has 0 radical (unpaired) electrons. The fourth-order valence-electron chi connectivity index (χ4n) is 4.38. The van der Waals surface area contributed by atoms with Crippen LogP contribution in [0.25, 0.3) is 11.0 Å². The summed E-state index contributed by atoms with van der Waals surface area (Å²) in [5, 5.41) is 3.78. The Labute approximate surface area is 164 Å². The summed E-state index contributed by atoms with van der Waals surface area (Å²) in [5.74, 6) is -0.111. The van der Waals surface area contributed by atoms with Gasteiger partial charge in [0.1, 0.15) is 5.58 Å². The van der Waals surface area contributed by atoms with Gasteiger partial charge in [-0.3, -0.25) is 9.69 Å². The number of hydrogen-bond donors (Lipinski definition) is 1. The molecule has 0 saturated carbocycles. The smallest absolute Gasteiger partial charge is 0.287 e. The molecule has 28 heavy (non-hydrogen) atoms. The van der Waals surface area contributed by atoms with Crippen molar-refractivity contribution in [2.24, 2.45) is 0 Å². The molecule has 8 heteroatoms. The Morgan fingerprint density at radius 1 is 1.21 bits per heavy atom. The van der Waals surface area contributed by atoms with E-state index in [-0.39, 0.29) is 35.8 Å². The molecule has 3 heterocycles. The molecule has 152 valence electrons. The summed E-state index contributed by atoms with van der Waals surface area (Å²) in [6.45, 7) is 2.01. The zero-order valence-electron chi connectivity index (χ0n) is 16.0. The van der Waals surface area contributed by atoms with E-state index in [1.165, 1.54) is 6.42 Å². The largest absolute Gasteiger partial charge is 0.451 e. The standard InChI is InChI=1S/C20H26N2O5S/c1-26-11-15-14-7-3-4-8-18(14)27-19(15)20(23)21-16-12-28(24,25)13-17(16)22-9-5-2-6-10-22/h3-4,7-8,16-17H,2,5-6,9-13H2,1H3,(H,21,23)/t16-,17-/m1/s1. The summed E-state index contributed by atoms with van der Waals surface area (Å²) in [4.78, 5) is 15.2. The van der Waals surface area contributed by atoms with E-state index in [1.807, 2.05) is 24.3 Å². The summed E-state index contributed by atoms with van der Waals surface area (Å²) in [6.07, 6.45) is 3.31. The van der Waals surface area contributed by atoms with Crippen molar-refractivity contribution < 1.29 is 22.4 Å². The van der Waals surface area contributed by atoms with Gasteiger partial charge < -0.3 is 14.5 Å². The van der Waals surface area contributed by atoms with Gasteiger partial charge in [-0.25, -0.2) is 8.42 Å². The van der Waals surface area contributed by atoms with Crippen LogP contribution in [0.15, 0.2) is 28.7 Å². The number of piperidine rings is 1. The molecule has 0 spiro atoms. The van der Waals surface area contributed by atoms with Crippen molar-refractivity contribution in [2.45, 2.75) is 38.0 Å². The fraction of sp³-hybridized carbons (Fsp3) is 0.550. The third kappa shape index (κ3) is 3.81. The topological polar surface area (TPSA) is 88.8 Å². The maximum absolute atomic E-state index is 13.0. The summed E-state index contributed by atoms with van der Waals surface area (Å²) in [7, 11) is -1.61. The Morgan fingerprint density at radius 2 is 1.96 bits per heavy atom. The van der Waals surface area contributed by atoms with Gasteiger partial charge in [-0.05, 0) is 32.0 Å². The minimum Gasteiger partial charge on any atom is -0.451 e. The summed E-state index contributed by atoms with van der Waals surface area (Å²) < 4.78 is 35.7. The van der Waals surface area contributed by atoms with Gasteiger partial charge in [-0.1, -0.05) is 24.6 Å². The third-order valence-electron chi connectivity index (χ3n) is 5.69. The van der Waals surface area contributed by atoms with Gasteiger partial charge in [0.25, 0.3) is 5.91 Å². The molecule has 0 unspecified atom stereocenters. The number of ether oxygens (including phenoxy) is 1. The van der Waals surface area contributed by atoms with Crippen LogP contribution in [-0.4, -0.2) is 63.0 Å². The molecular weight excluding hydrogens is 380 g/mol. The number of amides is 1. The van der Waals surface area contributed by atoms with Crippen molar-refractivity contribution >= 4 is 26.7 Å². The van der Waals surface area contributed by atoms with E-state index in [0.717, 1.165) is 31.3 Å². The second-order valence-corrected chi connectivity index (χ2v) is 9.81. The van der Waals surface area contributed by atoms with Crippen LogP contribution in [0.2, 0.25) is 0 Å². The molecule has 2 atom stereocenters. The number of furan rings is 1. The van der Waals surface area contributed by atoms with E-state index in [9.17, 15) is 13.2 Å². The molecule has 7 nitrogen and oxygen atoms in total. The number of methoxy groups -OCH3 is 1. The highest BCUT2D eigenvalue weighted by atomic mass is 32.2. The Hall–Kier alpha value is -1.90. The predicted molar refractivity (Wildman–Crippen MR) is 106 cm³/mol. The zero-order chi connectivity index (χ0) is 19.7. The van der Waals surface area contributed by atoms with Gasteiger partial charge >= 0.3 is 0 Å². The van der Waals surface area contributed by atoms with Crippen LogP contribution in [0.4, 0.5) is 0 Å². The lowest BCUT2D eigenvalue weighted by molar-refractivity contribution is 0.0868. The van der Waals surface area contributed by atoms with Crippen molar-refractivity contribution in [1.82, 2.24) is 10.2 Å². The van der Waals surface area contributed by atoms with E-state index in [4.69, 9.17) is 9.15 Å². The lowest BCUT2D eigenvalue weighted by Crippen LogP contribution is -2.52. The molecule has 1 amide bonds. The first kappa shape index (κ1) is 19.4. The molecular formula is C20H26N2O5S. The van der Waals surface area contributed by atoms with Gasteiger partial charge in [-0.2, -0.15) is 0 Å². The van der Waals surface area contributed by atoms with E-state index >= 15 is 0 Å². The van der Waals surface area contributed by atoms with Crippen LogP contribution in [-0.2, 0) is 21.2 Å². The average Bonchev–Trinajstić information content (AvgIpc) is 3.20. The van der Waals surface area contributed by atoms with Gasteiger partial charge in [0, 0.05) is 24.1 Å². The number of hydrogen-bond acceptors (Lipinski definition) is 6. The second kappa shape index (κ2) is 7.85. The summed E-state index contributed by atoms with van der Waals surface area (Å²) >= 11 is 0. The quantitative estimate of drug-likeness (QED) is 0.817. The Balaban J connectivity index is 1.60. The van der Waals surface area contributed by atoms with Crippen LogP contribution in [0.3, 0.4) is 0 Å². The van der Waals surface area contributed by atoms with Gasteiger partial charge in [-0.15, -0.1) is 0 Å². The first-order chi connectivity index (χ1) is 13.5. The fourth-order valence-corrected chi connectivity index (χ4v) is 6.33. The normalized spacial score (nSPS) is 25.2. The van der Waals surface area contributed by atoms with E-state index in [2.05, 4.69) is 10.2 Å². The lowest BCUT2D eigenvalue weighted by atomic mass is 10.0. The molecule has 2 aliphatic heterocycles. The number of sulfone groups is 1. The Morgan fingerprint density at radius 3 is 2.71 bits per heavy atom. The number of carbonyl (C=O) groups is 1. The van der Waals surface area contributed by atoms with Crippen LogP contribution in [0, 0.1) is 0 Å². The summed E-state index contributed by atoms with van der Waals surface area (Å²) in [6, 6.07) is 6.82. The van der Waals surface area contributed by atoms with E-state index < -0.39 is 15.9 Å². The minimum absolute atomic E-state index is 0.0280. The molecule has 2 aromatic rings. The molecule has 2 aliphatic rings. The SMILES string of the molecule is COCc1c(C(=O)N[C@@H]2CS(=O)(=O)C[C@H]2N2CCCCC2)oc2ccccc12. The monoisotopic (exact) mass is 406 g/mol. The van der Waals surface area contributed by atoms with Crippen molar-refractivity contribution in [3.63, 3.8) is 0 Å². The van der Waals surface area contributed by atoms with Crippen LogP contribution in [0.5, 0.6) is 0 Å². The maximum atomic E-state index is 13.0. The average molecular weight is 407 g/mol. The van der Waals surface area contributed by atoms with Crippen molar-refractivity contribution in [3.05, 3.63) is 35.6 Å². The number of fused-ring (bicyclic) bond motifs is 1. The molecule has 2 saturated heterocycles. The molecule has 1 aromatic carbocycles. The van der Waals surface area contributed by atoms with Crippen molar-refractivity contribution in [1.29, 1.82) is 0 Å². The Bertz CT molecular complexity index is 962. The number of rotatable bonds is 5. The van der Waals surface area contributed by atoms with E-state index in [0.29, 0.717) is 11.1 Å². The number of likely N-dealkylation sites (tertiary alicyclic amines) is 1. The lowest BCUT2D eigenvalue weighted by Gasteiger charge is -2.34. The second-order valence-electron chi connectivity index (χ2n) is 7.66. The molecule has 0 bridgehead atoms. The number of benzene rings is 1. The molecule has 2 fully saturated rings. The molecule has 1 aromatic heterocycles. The van der Waals surface area contributed by atoms with Crippen LogP contribution >= 0.6 is 0 Å². The highest BCUT2D eigenvalue weighted by Gasteiger charge is 2.42. The number of nitrogens with one attached hydrogen (secondary N) is 1. The number of carbonyl (C=O) groups excluding carboxylic acids is 1. The maximum Gasteiger partial charge on any atom is 0.287 e. The van der Waals surface area contributed by atoms with Crippen molar-refractivity contribution in [2.75, 3.05) is 31.7 Å². The third-order valence-corrected chi connectivity index (χ3v) is 7.41.